The maximum Gasteiger partial charge on any atom is 0.191 e. The highest BCUT2D eigenvalue weighted by Gasteiger charge is 2.21. The predicted molar refractivity (Wildman–Crippen MR) is 78.5 cm³/mol. The Labute approximate surface area is 122 Å². The molecule has 2 aromatic rings. The van der Waals surface area contributed by atoms with Gasteiger partial charge in [0.2, 0.25) is 0 Å². The highest BCUT2D eigenvalue weighted by Crippen LogP contribution is 2.31. The third kappa shape index (κ3) is 2.59. The molecule has 0 radical (unpaired) electrons. The fourth-order valence-electron chi connectivity index (χ4n) is 2.41. The van der Waals surface area contributed by atoms with Gasteiger partial charge in [0, 0.05) is 12.8 Å². The van der Waals surface area contributed by atoms with Crippen LogP contribution in [0.1, 0.15) is 23.1 Å². The standard InChI is InChI=1S/C14H18N4OS/c1-18-13(8-15)16-17-14(18)20-9-12-11-5-3-2-4-10(11)6-7-19-12/h2-5,12H,6-9,15H2,1H3. The zero-order chi connectivity index (χ0) is 13.9. The molecule has 1 aromatic heterocycles. The molecule has 0 fully saturated rings. The van der Waals surface area contributed by atoms with Crippen LogP contribution in [-0.2, 0) is 24.8 Å². The molecule has 6 heteroatoms. The van der Waals surface area contributed by atoms with Crippen LogP contribution in [0.15, 0.2) is 29.4 Å². The maximum absolute atomic E-state index is 5.90. The highest BCUT2D eigenvalue weighted by molar-refractivity contribution is 7.99. The SMILES string of the molecule is Cn1c(CN)nnc1SCC1OCCc2ccccc21. The molecule has 1 aliphatic rings. The van der Waals surface area contributed by atoms with Gasteiger partial charge in [0.05, 0.1) is 19.3 Å². The number of hydrogen-bond donors (Lipinski definition) is 1. The molecule has 20 heavy (non-hydrogen) atoms. The molecule has 2 N–H and O–H groups in total. The lowest BCUT2D eigenvalue weighted by Crippen LogP contribution is -2.18. The number of ether oxygens (including phenoxy) is 1. The summed E-state index contributed by atoms with van der Waals surface area (Å²) in [7, 11) is 1.94. The van der Waals surface area contributed by atoms with Crippen LogP contribution in [0.4, 0.5) is 0 Å². The topological polar surface area (TPSA) is 66.0 Å². The Morgan fingerprint density at radius 1 is 1.40 bits per heavy atom. The third-order valence-electron chi connectivity index (χ3n) is 3.56. The molecule has 1 aliphatic heterocycles. The van der Waals surface area contributed by atoms with Gasteiger partial charge in [-0.05, 0) is 17.5 Å². The second kappa shape index (κ2) is 5.95. The first-order valence-electron chi connectivity index (χ1n) is 6.70. The molecule has 0 aliphatic carbocycles. The molecule has 1 unspecified atom stereocenters. The monoisotopic (exact) mass is 290 g/mol. The molecule has 1 aromatic carbocycles. The zero-order valence-electron chi connectivity index (χ0n) is 11.5. The Morgan fingerprint density at radius 3 is 3.05 bits per heavy atom. The number of nitrogens with two attached hydrogens (primary N) is 1. The Hall–Kier alpha value is -1.37. The van der Waals surface area contributed by atoms with Crippen molar-refractivity contribution in [3.8, 4) is 0 Å². The summed E-state index contributed by atoms with van der Waals surface area (Å²) >= 11 is 1.66. The number of rotatable bonds is 4. The van der Waals surface area contributed by atoms with Gasteiger partial charge in [-0.15, -0.1) is 10.2 Å². The van der Waals surface area contributed by atoms with Gasteiger partial charge in [0.25, 0.3) is 0 Å². The lowest BCUT2D eigenvalue weighted by molar-refractivity contribution is 0.0587. The van der Waals surface area contributed by atoms with Gasteiger partial charge in [0.1, 0.15) is 5.82 Å². The second-order valence-corrected chi connectivity index (χ2v) is 5.77. The summed E-state index contributed by atoms with van der Waals surface area (Å²) in [5, 5.41) is 9.12. The van der Waals surface area contributed by atoms with Crippen LogP contribution >= 0.6 is 11.8 Å². The van der Waals surface area contributed by atoms with E-state index in [9.17, 15) is 0 Å². The Bertz CT molecular complexity index is 599. The number of thioether (sulfide) groups is 1. The van der Waals surface area contributed by atoms with Gasteiger partial charge in [-0.2, -0.15) is 0 Å². The molecule has 0 bridgehead atoms. The molecule has 1 atom stereocenters. The molecule has 0 saturated heterocycles. The largest absolute Gasteiger partial charge is 0.372 e. The number of hydrogen-bond acceptors (Lipinski definition) is 5. The first-order chi connectivity index (χ1) is 9.79. The van der Waals surface area contributed by atoms with Crippen LogP contribution in [-0.4, -0.2) is 27.1 Å². The normalized spacial score (nSPS) is 18.0. The first-order valence-corrected chi connectivity index (χ1v) is 7.68. The highest BCUT2D eigenvalue weighted by atomic mass is 32.2. The van der Waals surface area contributed by atoms with Gasteiger partial charge >= 0.3 is 0 Å². The van der Waals surface area contributed by atoms with Crippen LogP contribution < -0.4 is 5.73 Å². The fraction of sp³-hybridized carbons (Fsp3) is 0.429. The van der Waals surface area contributed by atoms with Gasteiger partial charge in [-0.3, -0.25) is 0 Å². The van der Waals surface area contributed by atoms with E-state index in [0.29, 0.717) is 6.54 Å². The number of fused-ring (bicyclic) bond motifs is 1. The lowest BCUT2D eigenvalue weighted by atomic mass is 9.99. The summed E-state index contributed by atoms with van der Waals surface area (Å²) in [5.74, 6) is 1.64. The summed E-state index contributed by atoms with van der Waals surface area (Å²) in [4.78, 5) is 0. The van der Waals surface area contributed by atoms with Crippen LogP contribution in [0.3, 0.4) is 0 Å². The quantitative estimate of drug-likeness (QED) is 0.868. The number of aromatic nitrogens is 3. The van der Waals surface area contributed by atoms with Gasteiger partial charge in [0.15, 0.2) is 5.16 Å². The molecule has 2 heterocycles. The van der Waals surface area contributed by atoms with E-state index in [1.54, 1.807) is 11.8 Å². The zero-order valence-corrected chi connectivity index (χ0v) is 12.3. The van der Waals surface area contributed by atoms with E-state index in [-0.39, 0.29) is 6.10 Å². The number of nitrogens with zero attached hydrogens (tertiary/aromatic N) is 3. The predicted octanol–water partition coefficient (Wildman–Crippen LogP) is 1.68. The van der Waals surface area contributed by atoms with Crippen molar-refractivity contribution in [1.82, 2.24) is 14.8 Å². The van der Waals surface area contributed by atoms with Crippen LogP contribution in [0, 0.1) is 0 Å². The van der Waals surface area contributed by atoms with E-state index >= 15 is 0 Å². The van der Waals surface area contributed by atoms with Crippen molar-refractivity contribution in [2.45, 2.75) is 24.2 Å². The Morgan fingerprint density at radius 2 is 2.25 bits per heavy atom. The van der Waals surface area contributed by atoms with Crippen LogP contribution in [0.5, 0.6) is 0 Å². The van der Waals surface area contributed by atoms with E-state index in [4.69, 9.17) is 10.5 Å². The van der Waals surface area contributed by atoms with Crippen molar-refractivity contribution >= 4 is 11.8 Å². The van der Waals surface area contributed by atoms with Crippen molar-refractivity contribution < 1.29 is 4.74 Å². The van der Waals surface area contributed by atoms with Gasteiger partial charge in [-0.1, -0.05) is 36.0 Å². The molecule has 3 rings (SSSR count). The third-order valence-corrected chi connectivity index (χ3v) is 4.65. The average Bonchev–Trinajstić information content (AvgIpc) is 2.85. The summed E-state index contributed by atoms with van der Waals surface area (Å²) in [6.07, 6.45) is 1.13. The maximum atomic E-state index is 5.90. The minimum Gasteiger partial charge on any atom is -0.372 e. The van der Waals surface area contributed by atoms with E-state index in [0.717, 1.165) is 29.8 Å². The van der Waals surface area contributed by atoms with Crippen molar-refractivity contribution in [3.05, 3.63) is 41.2 Å². The average molecular weight is 290 g/mol. The molecule has 106 valence electrons. The van der Waals surface area contributed by atoms with Gasteiger partial charge in [-0.25, -0.2) is 0 Å². The summed E-state index contributed by atoms with van der Waals surface area (Å²) in [6, 6.07) is 8.50. The van der Waals surface area contributed by atoms with Crippen molar-refractivity contribution in [2.75, 3.05) is 12.4 Å². The molecule has 5 nitrogen and oxygen atoms in total. The first kappa shape index (κ1) is 13.6. The van der Waals surface area contributed by atoms with Gasteiger partial charge < -0.3 is 15.0 Å². The molecular weight excluding hydrogens is 272 g/mol. The Balaban J connectivity index is 1.71. The van der Waals surface area contributed by atoms with E-state index in [2.05, 4.69) is 34.5 Å². The fourth-order valence-corrected chi connectivity index (χ4v) is 3.39. The second-order valence-electron chi connectivity index (χ2n) is 4.78. The van der Waals surface area contributed by atoms with Crippen molar-refractivity contribution in [2.24, 2.45) is 12.8 Å². The summed E-state index contributed by atoms with van der Waals surface area (Å²) in [5.41, 5.74) is 8.30. The molecule has 0 amide bonds. The van der Waals surface area contributed by atoms with Crippen molar-refractivity contribution in [3.63, 3.8) is 0 Å². The minimum absolute atomic E-state index is 0.128. The minimum atomic E-state index is 0.128. The van der Waals surface area contributed by atoms with E-state index < -0.39 is 0 Å². The van der Waals surface area contributed by atoms with Crippen LogP contribution in [0.25, 0.3) is 0 Å². The summed E-state index contributed by atoms with van der Waals surface area (Å²) < 4.78 is 7.84. The molecule has 0 spiro atoms. The lowest BCUT2D eigenvalue weighted by Gasteiger charge is -2.25. The molecule has 0 saturated carbocycles. The van der Waals surface area contributed by atoms with E-state index in [1.165, 1.54) is 11.1 Å². The van der Waals surface area contributed by atoms with Crippen LogP contribution in [0.2, 0.25) is 0 Å². The smallest absolute Gasteiger partial charge is 0.191 e. The number of benzene rings is 1. The molecular formula is C14H18N4OS. The summed E-state index contributed by atoms with van der Waals surface area (Å²) in [6.45, 7) is 1.20. The van der Waals surface area contributed by atoms with E-state index in [1.807, 2.05) is 11.6 Å². The van der Waals surface area contributed by atoms with Crippen molar-refractivity contribution in [1.29, 1.82) is 0 Å². The Kier molecular flexibility index (Phi) is 4.05.